The summed E-state index contributed by atoms with van der Waals surface area (Å²) in [6, 6.07) is 52.3. The Morgan fingerprint density at radius 2 is 0.641 bits per heavy atom. The van der Waals surface area contributed by atoms with Gasteiger partial charge in [-0.3, -0.25) is 0 Å². The fourth-order valence-electron chi connectivity index (χ4n) is 8.24. The molecule has 0 N–H and O–H groups in total. The van der Waals surface area contributed by atoms with Gasteiger partial charge in [0.15, 0.2) is 0 Å². The Morgan fingerprint density at radius 3 is 1.13 bits per heavy atom. The smallest absolute Gasteiger partial charge is 0.0619 e. The van der Waals surface area contributed by atoms with Gasteiger partial charge in [-0.05, 0) is 67.3 Å². The predicted molar refractivity (Wildman–Crippen MR) is 162 cm³/mol. The quantitative estimate of drug-likeness (QED) is 0.174. The van der Waals surface area contributed by atoms with Crippen LogP contribution in [-0.2, 0) is 10.8 Å². The van der Waals surface area contributed by atoms with Crippen molar-refractivity contribution in [2.75, 3.05) is 0 Å². The lowest BCUT2D eigenvalue weighted by Crippen LogP contribution is -2.43. The maximum absolute atomic E-state index is 3.95. The molecule has 0 radical (unpaired) electrons. The van der Waals surface area contributed by atoms with Crippen molar-refractivity contribution >= 4 is 15.9 Å². The molecule has 0 saturated carbocycles. The van der Waals surface area contributed by atoms with Gasteiger partial charge >= 0.3 is 0 Å². The fourth-order valence-corrected chi connectivity index (χ4v) is 8.82. The first-order valence-electron chi connectivity index (χ1n) is 13.6. The van der Waals surface area contributed by atoms with Crippen LogP contribution in [-0.4, -0.2) is 0 Å². The molecule has 3 aliphatic carbocycles. The average molecular weight is 560 g/mol. The van der Waals surface area contributed by atoms with E-state index in [4.69, 9.17) is 0 Å². The Morgan fingerprint density at radius 1 is 0.308 bits per heavy atom. The molecule has 0 nitrogen and oxygen atoms in total. The summed E-state index contributed by atoms with van der Waals surface area (Å²) in [4.78, 5) is 0. The number of halogens is 1. The van der Waals surface area contributed by atoms with Crippen molar-refractivity contribution in [2.24, 2.45) is 0 Å². The molecule has 2 spiro atoms. The lowest BCUT2D eigenvalue weighted by atomic mass is 9.52. The minimum atomic E-state index is -0.402. The second-order valence-electron chi connectivity index (χ2n) is 10.9. The summed E-state index contributed by atoms with van der Waals surface area (Å²) in [5, 5.41) is 0. The van der Waals surface area contributed by atoms with Crippen molar-refractivity contribution in [1.29, 1.82) is 0 Å². The summed E-state index contributed by atoms with van der Waals surface area (Å²) in [5.41, 5.74) is 15.5. The first kappa shape index (κ1) is 21.7. The molecule has 0 aromatic heterocycles. The molecule has 6 aromatic carbocycles. The maximum atomic E-state index is 3.95. The van der Waals surface area contributed by atoms with E-state index in [9.17, 15) is 0 Å². The first-order valence-corrected chi connectivity index (χ1v) is 14.4. The zero-order valence-corrected chi connectivity index (χ0v) is 22.7. The summed E-state index contributed by atoms with van der Waals surface area (Å²) in [6.45, 7) is 0. The zero-order valence-electron chi connectivity index (χ0n) is 21.2. The summed E-state index contributed by atoms with van der Waals surface area (Å²) in [6.07, 6.45) is 0. The van der Waals surface area contributed by atoms with Crippen LogP contribution in [0.1, 0.15) is 44.5 Å². The molecule has 1 heteroatoms. The maximum Gasteiger partial charge on any atom is 0.0720 e. The topological polar surface area (TPSA) is 0 Å². The molecule has 0 aliphatic heterocycles. The van der Waals surface area contributed by atoms with Gasteiger partial charge in [0.25, 0.3) is 0 Å². The van der Waals surface area contributed by atoms with Crippen molar-refractivity contribution in [3.8, 4) is 22.3 Å². The van der Waals surface area contributed by atoms with E-state index in [1.807, 2.05) is 0 Å². The highest BCUT2D eigenvalue weighted by molar-refractivity contribution is 9.10. The van der Waals surface area contributed by atoms with Crippen LogP contribution >= 0.6 is 15.9 Å². The highest BCUT2D eigenvalue weighted by Crippen LogP contribution is 2.67. The van der Waals surface area contributed by atoms with Gasteiger partial charge in [0.1, 0.15) is 0 Å². The molecule has 0 fully saturated rings. The molecular formula is C38H23Br. The van der Waals surface area contributed by atoms with Crippen LogP contribution in [0.5, 0.6) is 0 Å². The van der Waals surface area contributed by atoms with E-state index in [1.165, 1.54) is 66.8 Å². The number of hydrogen-bond acceptors (Lipinski definition) is 0. The van der Waals surface area contributed by atoms with E-state index in [2.05, 4.69) is 155 Å². The Labute approximate surface area is 236 Å². The fraction of sp³-hybridized carbons (Fsp3) is 0.0526. The Balaban J connectivity index is 1.54. The number of fused-ring (bicyclic) bond motifs is 16. The molecule has 0 atom stereocenters. The van der Waals surface area contributed by atoms with Gasteiger partial charge in [0.2, 0.25) is 0 Å². The van der Waals surface area contributed by atoms with E-state index in [0.29, 0.717) is 0 Å². The first-order chi connectivity index (χ1) is 19.3. The number of hydrogen-bond donors (Lipinski definition) is 0. The van der Waals surface area contributed by atoms with E-state index in [1.54, 1.807) is 0 Å². The molecule has 6 aromatic rings. The van der Waals surface area contributed by atoms with Gasteiger partial charge in [0, 0.05) is 10.0 Å². The summed E-state index contributed by atoms with van der Waals surface area (Å²) in [7, 11) is 0. The Bertz CT molecular complexity index is 1900. The molecule has 0 unspecified atom stereocenters. The van der Waals surface area contributed by atoms with Gasteiger partial charge in [0.05, 0.1) is 10.8 Å². The second kappa shape index (κ2) is 7.46. The molecule has 0 heterocycles. The Kier molecular flexibility index (Phi) is 4.15. The van der Waals surface area contributed by atoms with Crippen LogP contribution < -0.4 is 0 Å². The van der Waals surface area contributed by atoms with Gasteiger partial charge in [-0.1, -0.05) is 149 Å². The lowest BCUT2D eigenvalue weighted by molar-refractivity contribution is 0.633. The highest BCUT2D eigenvalue weighted by Gasteiger charge is 2.58. The van der Waals surface area contributed by atoms with Gasteiger partial charge in [-0.25, -0.2) is 0 Å². The van der Waals surface area contributed by atoms with Crippen LogP contribution in [0.25, 0.3) is 22.3 Å². The monoisotopic (exact) mass is 558 g/mol. The van der Waals surface area contributed by atoms with Crippen LogP contribution in [0.3, 0.4) is 0 Å². The van der Waals surface area contributed by atoms with Crippen molar-refractivity contribution in [3.63, 3.8) is 0 Å². The van der Waals surface area contributed by atoms with E-state index < -0.39 is 5.41 Å². The van der Waals surface area contributed by atoms with Gasteiger partial charge in [-0.2, -0.15) is 0 Å². The number of rotatable bonds is 0. The van der Waals surface area contributed by atoms with Crippen molar-refractivity contribution < 1.29 is 0 Å². The molecule has 9 rings (SSSR count). The molecule has 182 valence electrons. The Hall–Kier alpha value is -4.20. The third kappa shape index (κ3) is 2.34. The van der Waals surface area contributed by atoms with Crippen LogP contribution in [0.4, 0.5) is 0 Å². The zero-order chi connectivity index (χ0) is 25.8. The summed E-state index contributed by atoms with van der Waals surface area (Å²) < 4.78 is 1.15. The van der Waals surface area contributed by atoms with Gasteiger partial charge < -0.3 is 0 Å². The summed E-state index contributed by atoms with van der Waals surface area (Å²) >= 11 is 3.95. The van der Waals surface area contributed by atoms with Gasteiger partial charge in [-0.15, -0.1) is 0 Å². The lowest BCUT2D eigenvalue weighted by Gasteiger charge is -2.48. The molecule has 39 heavy (non-hydrogen) atoms. The van der Waals surface area contributed by atoms with Crippen molar-refractivity contribution in [1.82, 2.24) is 0 Å². The molecule has 0 bridgehead atoms. The summed E-state index contributed by atoms with van der Waals surface area (Å²) in [5.74, 6) is 0. The average Bonchev–Trinajstić information content (AvgIpc) is 3.46. The second-order valence-corrected chi connectivity index (χ2v) is 11.7. The standard InChI is InChI=1S/C38H23Br/c39-35-23-11-22-34-36(35)26-14-3-6-17-29(26)38(34)32-20-9-7-18-30(32)37(31-19-8-10-21-33(31)38)27-15-4-1-12-24(27)25-13-2-5-16-28(25)37/h1-23H. The predicted octanol–water partition coefficient (Wildman–Crippen LogP) is 9.49. The van der Waals surface area contributed by atoms with Crippen molar-refractivity contribution in [3.05, 3.63) is 189 Å². The van der Waals surface area contributed by atoms with E-state index in [0.717, 1.165) is 4.47 Å². The minimum absolute atomic E-state index is 0.380. The SMILES string of the molecule is Brc1cccc2c1-c1ccccc1C21c2ccccc2C2(c3ccccc3-c3ccccc32)c2ccccc21. The van der Waals surface area contributed by atoms with Crippen LogP contribution in [0.2, 0.25) is 0 Å². The van der Waals surface area contributed by atoms with E-state index >= 15 is 0 Å². The largest absolute Gasteiger partial charge is 0.0720 e. The molecular weight excluding hydrogens is 536 g/mol. The van der Waals surface area contributed by atoms with Crippen LogP contribution in [0.15, 0.2) is 144 Å². The third-order valence-electron chi connectivity index (χ3n) is 9.44. The minimum Gasteiger partial charge on any atom is -0.0619 e. The third-order valence-corrected chi connectivity index (χ3v) is 10.1. The van der Waals surface area contributed by atoms with E-state index in [-0.39, 0.29) is 5.41 Å². The molecule has 0 amide bonds. The molecule has 0 saturated heterocycles. The normalized spacial score (nSPS) is 15.7. The highest BCUT2D eigenvalue weighted by atomic mass is 79.9. The molecule has 3 aliphatic rings. The van der Waals surface area contributed by atoms with Crippen molar-refractivity contribution in [2.45, 2.75) is 10.8 Å². The number of benzene rings is 6. The van der Waals surface area contributed by atoms with Crippen LogP contribution in [0, 0.1) is 0 Å².